The standard InChI is InChI=1S/C16H21N5O/c22-16(18-12-13-5-4-9-17-11-13)20-15-8-10-19-21(15)14-6-2-1-3-7-14/h4-5,8-11,14H,1-3,6-7,12H2,(H2,18,20,22). The van der Waals surface area contributed by atoms with Gasteiger partial charge in [-0.2, -0.15) is 5.10 Å². The van der Waals surface area contributed by atoms with Crippen molar-refractivity contribution < 1.29 is 4.79 Å². The van der Waals surface area contributed by atoms with E-state index in [4.69, 9.17) is 0 Å². The van der Waals surface area contributed by atoms with Crippen LogP contribution < -0.4 is 10.6 Å². The molecule has 0 radical (unpaired) electrons. The van der Waals surface area contributed by atoms with Crippen molar-refractivity contribution in [3.8, 4) is 0 Å². The number of aromatic nitrogens is 3. The van der Waals surface area contributed by atoms with Gasteiger partial charge in [-0.15, -0.1) is 0 Å². The van der Waals surface area contributed by atoms with Crippen LogP contribution in [-0.4, -0.2) is 20.8 Å². The summed E-state index contributed by atoms with van der Waals surface area (Å²) >= 11 is 0. The predicted molar refractivity (Wildman–Crippen MR) is 84.4 cm³/mol. The first-order valence-electron chi connectivity index (χ1n) is 7.80. The third-order valence-corrected chi connectivity index (χ3v) is 4.01. The molecular weight excluding hydrogens is 278 g/mol. The van der Waals surface area contributed by atoms with Gasteiger partial charge in [0.15, 0.2) is 0 Å². The van der Waals surface area contributed by atoms with Gasteiger partial charge in [0, 0.05) is 25.0 Å². The molecule has 1 saturated carbocycles. The van der Waals surface area contributed by atoms with E-state index >= 15 is 0 Å². The Morgan fingerprint density at radius 1 is 1.23 bits per heavy atom. The molecule has 0 saturated heterocycles. The Balaban J connectivity index is 1.56. The molecule has 1 aliphatic carbocycles. The lowest BCUT2D eigenvalue weighted by Crippen LogP contribution is -2.30. The molecule has 116 valence electrons. The van der Waals surface area contributed by atoms with E-state index in [0.717, 1.165) is 24.2 Å². The van der Waals surface area contributed by atoms with E-state index in [0.29, 0.717) is 12.6 Å². The van der Waals surface area contributed by atoms with Crippen molar-refractivity contribution in [1.29, 1.82) is 0 Å². The normalized spacial score (nSPS) is 15.5. The molecule has 0 atom stereocenters. The number of nitrogens with zero attached hydrogens (tertiary/aromatic N) is 3. The van der Waals surface area contributed by atoms with Crippen LogP contribution in [0.3, 0.4) is 0 Å². The van der Waals surface area contributed by atoms with E-state index < -0.39 is 0 Å². The van der Waals surface area contributed by atoms with Crippen LogP contribution in [0.15, 0.2) is 36.8 Å². The van der Waals surface area contributed by atoms with Gasteiger partial charge in [0.05, 0.1) is 12.2 Å². The highest BCUT2D eigenvalue weighted by Gasteiger charge is 2.19. The molecule has 0 spiro atoms. The Morgan fingerprint density at radius 2 is 2.09 bits per heavy atom. The summed E-state index contributed by atoms with van der Waals surface area (Å²) in [6, 6.07) is 5.81. The van der Waals surface area contributed by atoms with Crippen molar-refractivity contribution >= 4 is 11.8 Å². The largest absolute Gasteiger partial charge is 0.334 e. The van der Waals surface area contributed by atoms with Crippen LogP contribution in [0.25, 0.3) is 0 Å². The van der Waals surface area contributed by atoms with Crippen LogP contribution >= 0.6 is 0 Å². The highest BCUT2D eigenvalue weighted by molar-refractivity contribution is 5.88. The lowest BCUT2D eigenvalue weighted by Gasteiger charge is -2.23. The van der Waals surface area contributed by atoms with Crippen LogP contribution in [-0.2, 0) is 6.54 Å². The SMILES string of the molecule is O=C(NCc1cccnc1)Nc1ccnn1C1CCCCC1. The number of amides is 2. The van der Waals surface area contributed by atoms with Gasteiger partial charge in [0.1, 0.15) is 5.82 Å². The number of nitrogens with one attached hydrogen (secondary N) is 2. The first-order chi connectivity index (χ1) is 10.8. The third kappa shape index (κ3) is 3.63. The molecule has 2 aromatic heterocycles. The van der Waals surface area contributed by atoms with Crippen LogP contribution in [0.1, 0.15) is 43.7 Å². The fourth-order valence-corrected chi connectivity index (χ4v) is 2.88. The molecule has 2 heterocycles. The Labute approximate surface area is 129 Å². The first kappa shape index (κ1) is 14.6. The number of pyridine rings is 1. The molecule has 0 aromatic carbocycles. The van der Waals surface area contributed by atoms with Crippen LogP contribution in [0.2, 0.25) is 0 Å². The average molecular weight is 299 g/mol. The number of hydrogen-bond donors (Lipinski definition) is 2. The molecule has 6 nitrogen and oxygen atoms in total. The number of carbonyl (C=O) groups excluding carboxylic acids is 1. The Hall–Kier alpha value is -2.37. The lowest BCUT2D eigenvalue weighted by atomic mass is 9.96. The Kier molecular flexibility index (Phi) is 4.68. The van der Waals surface area contributed by atoms with Gasteiger partial charge in [-0.3, -0.25) is 10.3 Å². The smallest absolute Gasteiger partial charge is 0.320 e. The van der Waals surface area contributed by atoms with E-state index in [-0.39, 0.29) is 6.03 Å². The first-order valence-corrected chi connectivity index (χ1v) is 7.80. The van der Waals surface area contributed by atoms with Crippen molar-refractivity contribution in [3.63, 3.8) is 0 Å². The number of anilines is 1. The molecule has 6 heteroatoms. The highest BCUT2D eigenvalue weighted by Crippen LogP contribution is 2.29. The molecule has 1 fully saturated rings. The van der Waals surface area contributed by atoms with Gasteiger partial charge in [0.25, 0.3) is 0 Å². The average Bonchev–Trinajstić information content (AvgIpc) is 3.03. The quantitative estimate of drug-likeness (QED) is 0.911. The Bertz CT molecular complexity index is 604. The maximum Gasteiger partial charge on any atom is 0.320 e. The van der Waals surface area contributed by atoms with Crippen molar-refractivity contribution in [1.82, 2.24) is 20.1 Å². The van der Waals surface area contributed by atoms with Gasteiger partial charge >= 0.3 is 6.03 Å². The fraction of sp³-hybridized carbons (Fsp3) is 0.438. The summed E-state index contributed by atoms with van der Waals surface area (Å²) < 4.78 is 1.95. The second kappa shape index (κ2) is 7.06. The predicted octanol–water partition coefficient (Wildman–Crippen LogP) is 3.11. The number of hydrogen-bond acceptors (Lipinski definition) is 3. The van der Waals surface area contributed by atoms with E-state index in [1.807, 2.05) is 22.9 Å². The molecule has 1 aliphatic rings. The summed E-state index contributed by atoms with van der Waals surface area (Å²) in [5.41, 5.74) is 0.971. The summed E-state index contributed by atoms with van der Waals surface area (Å²) in [5, 5.41) is 10.1. The third-order valence-electron chi connectivity index (χ3n) is 4.01. The second-order valence-electron chi connectivity index (χ2n) is 5.62. The summed E-state index contributed by atoms with van der Waals surface area (Å²) in [4.78, 5) is 16.1. The molecule has 0 bridgehead atoms. The van der Waals surface area contributed by atoms with Crippen LogP contribution in [0.5, 0.6) is 0 Å². The van der Waals surface area contributed by atoms with Gasteiger partial charge in [0.2, 0.25) is 0 Å². The summed E-state index contributed by atoms with van der Waals surface area (Å²) in [5.74, 6) is 0.760. The monoisotopic (exact) mass is 299 g/mol. The molecule has 22 heavy (non-hydrogen) atoms. The zero-order chi connectivity index (χ0) is 15.2. The topological polar surface area (TPSA) is 71.8 Å². The lowest BCUT2D eigenvalue weighted by molar-refractivity contribution is 0.251. The second-order valence-corrected chi connectivity index (χ2v) is 5.62. The zero-order valence-corrected chi connectivity index (χ0v) is 12.5. The summed E-state index contributed by atoms with van der Waals surface area (Å²) in [6.07, 6.45) is 11.2. The van der Waals surface area contributed by atoms with Gasteiger partial charge in [-0.05, 0) is 24.5 Å². The number of rotatable bonds is 4. The fourth-order valence-electron chi connectivity index (χ4n) is 2.88. The van der Waals surface area contributed by atoms with E-state index in [1.54, 1.807) is 18.6 Å². The number of urea groups is 1. The zero-order valence-electron chi connectivity index (χ0n) is 12.5. The molecule has 2 N–H and O–H groups in total. The van der Waals surface area contributed by atoms with Crippen molar-refractivity contribution in [2.45, 2.75) is 44.7 Å². The van der Waals surface area contributed by atoms with Crippen molar-refractivity contribution in [2.24, 2.45) is 0 Å². The molecule has 2 aromatic rings. The minimum absolute atomic E-state index is 0.221. The summed E-state index contributed by atoms with van der Waals surface area (Å²) in [7, 11) is 0. The molecule has 2 amide bonds. The van der Waals surface area contributed by atoms with Gasteiger partial charge < -0.3 is 5.32 Å². The van der Waals surface area contributed by atoms with Gasteiger partial charge in [-0.1, -0.05) is 25.3 Å². The maximum absolute atomic E-state index is 12.0. The maximum atomic E-state index is 12.0. The van der Waals surface area contributed by atoms with Crippen LogP contribution in [0.4, 0.5) is 10.6 Å². The minimum Gasteiger partial charge on any atom is -0.334 e. The van der Waals surface area contributed by atoms with E-state index in [2.05, 4.69) is 20.7 Å². The van der Waals surface area contributed by atoms with Crippen LogP contribution in [0, 0.1) is 0 Å². The highest BCUT2D eigenvalue weighted by atomic mass is 16.2. The minimum atomic E-state index is -0.221. The van der Waals surface area contributed by atoms with Gasteiger partial charge in [-0.25, -0.2) is 9.48 Å². The van der Waals surface area contributed by atoms with Crippen molar-refractivity contribution in [2.75, 3.05) is 5.32 Å². The van der Waals surface area contributed by atoms with E-state index in [9.17, 15) is 4.79 Å². The van der Waals surface area contributed by atoms with Crippen molar-refractivity contribution in [3.05, 3.63) is 42.4 Å². The molecule has 3 rings (SSSR count). The molecular formula is C16H21N5O. The van der Waals surface area contributed by atoms with E-state index in [1.165, 1.54) is 19.3 Å². The Morgan fingerprint density at radius 3 is 2.86 bits per heavy atom. The molecule has 0 unspecified atom stereocenters. The summed E-state index contributed by atoms with van der Waals surface area (Å²) in [6.45, 7) is 0.456. The number of carbonyl (C=O) groups is 1. The molecule has 0 aliphatic heterocycles.